The first-order chi connectivity index (χ1) is 8.24. The Morgan fingerprint density at radius 1 is 1.18 bits per heavy atom. The molecule has 88 valence electrons. The fourth-order valence-electron chi connectivity index (χ4n) is 2.42. The lowest BCUT2D eigenvalue weighted by molar-refractivity contribution is 1.05. The second-order valence-corrected chi connectivity index (χ2v) is 6.03. The second-order valence-electron chi connectivity index (χ2n) is 4.60. The Kier molecular flexibility index (Phi) is 4.00. The van der Waals surface area contributed by atoms with E-state index in [4.69, 9.17) is 0 Å². The van der Waals surface area contributed by atoms with Gasteiger partial charge in [0.25, 0.3) is 0 Å². The Balaban J connectivity index is 2.24. The van der Waals surface area contributed by atoms with E-state index < -0.39 is 0 Å². The number of rotatable bonds is 4. The minimum atomic E-state index is 0.858. The largest absolute Gasteiger partial charge is 0.116 e. The van der Waals surface area contributed by atoms with Crippen LogP contribution in [0.1, 0.15) is 38.3 Å². The van der Waals surface area contributed by atoms with Crippen molar-refractivity contribution in [3.8, 4) is 0 Å². The maximum Gasteiger partial charge on any atom is 0.116 e. The average Bonchev–Trinajstić information content (AvgIpc) is 2.74. The molecule has 0 aliphatic heterocycles. The van der Waals surface area contributed by atoms with Crippen LogP contribution in [0.2, 0.25) is 0 Å². The van der Waals surface area contributed by atoms with Gasteiger partial charge in [-0.05, 0) is 37.3 Å². The van der Waals surface area contributed by atoms with Crippen molar-refractivity contribution in [2.75, 3.05) is 0 Å². The van der Waals surface area contributed by atoms with Crippen molar-refractivity contribution in [2.45, 2.75) is 40.0 Å². The van der Waals surface area contributed by atoms with E-state index in [0.29, 0.717) is 0 Å². The third kappa shape index (κ3) is 2.78. The van der Waals surface area contributed by atoms with Crippen molar-refractivity contribution in [1.82, 2.24) is 0 Å². The van der Waals surface area contributed by atoms with Gasteiger partial charge in [-0.2, -0.15) is 0 Å². The topological polar surface area (TPSA) is 0 Å². The quantitative estimate of drug-likeness (QED) is 0.708. The van der Waals surface area contributed by atoms with Gasteiger partial charge < -0.3 is 0 Å². The summed E-state index contributed by atoms with van der Waals surface area (Å²) in [5, 5.41) is 3.15. The molecule has 0 nitrogen and oxygen atoms in total. The number of aryl methyl sites for hydroxylation is 1. The summed E-state index contributed by atoms with van der Waals surface area (Å²) in [6.07, 6.45) is 8.15. The summed E-state index contributed by atoms with van der Waals surface area (Å²) in [5.41, 5.74) is 4.54. The molecule has 1 aromatic rings. The van der Waals surface area contributed by atoms with E-state index in [1.165, 1.54) is 11.1 Å². The SMILES string of the molecule is CCc1cccc([Si]C2=CC(C)=CC2)c1CC. The smallest absolute Gasteiger partial charge is 0.0779 e. The van der Waals surface area contributed by atoms with Crippen LogP contribution in [0.3, 0.4) is 0 Å². The summed E-state index contributed by atoms with van der Waals surface area (Å²) in [6, 6.07) is 6.81. The van der Waals surface area contributed by atoms with Gasteiger partial charge in [-0.25, -0.2) is 0 Å². The highest BCUT2D eigenvalue weighted by Crippen LogP contribution is 2.16. The maximum atomic E-state index is 2.36. The number of benzene rings is 1. The normalized spacial score (nSPS) is 14.8. The average molecular weight is 240 g/mol. The molecule has 0 spiro atoms. The molecular formula is C16H20Si. The maximum absolute atomic E-state index is 2.36. The molecule has 0 aromatic heterocycles. The lowest BCUT2D eigenvalue weighted by atomic mass is 10.0. The molecular weight excluding hydrogens is 220 g/mol. The molecule has 0 saturated carbocycles. The summed E-state index contributed by atoms with van der Waals surface area (Å²) in [4.78, 5) is 0. The Labute approximate surface area is 107 Å². The van der Waals surface area contributed by atoms with Gasteiger partial charge in [-0.3, -0.25) is 0 Å². The molecule has 0 amide bonds. The highest BCUT2D eigenvalue weighted by Gasteiger charge is 2.10. The van der Waals surface area contributed by atoms with Crippen LogP contribution >= 0.6 is 0 Å². The zero-order valence-electron chi connectivity index (χ0n) is 11.0. The third-order valence-corrected chi connectivity index (χ3v) is 4.76. The Bertz CT molecular complexity index is 466. The molecule has 0 saturated heterocycles. The van der Waals surface area contributed by atoms with E-state index in [1.807, 2.05) is 0 Å². The molecule has 0 fully saturated rings. The number of hydrogen-bond donors (Lipinski definition) is 0. The Hall–Kier alpha value is -1.08. The van der Waals surface area contributed by atoms with Crippen LogP contribution in [0.4, 0.5) is 0 Å². The zero-order valence-corrected chi connectivity index (χ0v) is 12.0. The lowest BCUT2D eigenvalue weighted by Gasteiger charge is -2.12. The first-order valence-corrected chi connectivity index (χ1v) is 7.49. The number of allylic oxidation sites excluding steroid dienone is 4. The summed E-state index contributed by atoms with van der Waals surface area (Å²) in [7, 11) is 0.858. The first-order valence-electron chi connectivity index (χ1n) is 6.49. The highest BCUT2D eigenvalue weighted by atomic mass is 28.2. The first kappa shape index (κ1) is 12.4. The van der Waals surface area contributed by atoms with E-state index in [0.717, 1.165) is 28.8 Å². The van der Waals surface area contributed by atoms with Crippen LogP contribution in [0, 0.1) is 0 Å². The highest BCUT2D eigenvalue weighted by molar-refractivity contribution is 6.61. The van der Waals surface area contributed by atoms with Crippen molar-refractivity contribution >= 4 is 14.7 Å². The minimum absolute atomic E-state index is 0.858. The predicted molar refractivity (Wildman–Crippen MR) is 77.0 cm³/mol. The molecule has 1 aromatic carbocycles. The molecule has 0 bridgehead atoms. The van der Waals surface area contributed by atoms with E-state index in [9.17, 15) is 0 Å². The molecule has 1 aliphatic rings. The van der Waals surface area contributed by atoms with Crippen LogP contribution in [0.5, 0.6) is 0 Å². The van der Waals surface area contributed by atoms with Gasteiger partial charge in [0, 0.05) is 0 Å². The second kappa shape index (κ2) is 5.50. The van der Waals surface area contributed by atoms with Crippen molar-refractivity contribution in [3.63, 3.8) is 0 Å². The van der Waals surface area contributed by atoms with Crippen LogP contribution in [-0.4, -0.2) is 9.52 Å². The van der Waals surface area contributed by atoms with Crippen molar-refractivity contribution in [3.05, 3.63) is 52.2 Å². The molecule has 0 atom stereocenters. The standard InChI is InChI=1S/C16H20Si/c1-4-13-7-6-8-16(15(13)5-2)17-14-10-9-12(3)11-14/h6-9,11H,4-5,10H2,1-3H3. The van der Waals surface area contributed by atoms with Crippen LogP contribution < -0.4 is 5.19 Å². The van der Waals surface area contributed by atoms with Crippen molar-refractivity contribution < 1.29 is 0 Å². The molecule has 0 heterocycles. The van der Waals surface area contributed by atoms with Crippen molar-refractivity contribution in [1.29, 1.82) is 0 Å². The molecule has 1 aliphatic carbocycles. The Morgan fingerprint density at radius 2 is 2.00 bits per heavy atom. The summed E-state index contributed by atoms with van der Waals surface area (Å²) >= 11 is 0. The van der Waals surface area contributed by atoms with Gasteiger partial charge >= 0.3 is 0 Å². The van der Waals surface area contributed by atoms with Gasteiger partial charge in [0.1, 0.15) is 9.52 Å². The van der Waals surface area contributed by atoms with Gasteiger partial charge in [-0.15, -0.1) is 0 Å². The fraction of sp³-hybridized carbons (Fsp3) is 0.375. The summed E-state index contributed by atoms with van der Waals surface area (Å²) in [6.45, 7) is 6.72. The van der Waals surface area contributed by atoms with E-state index in [2.05, 4.69) is 51.1 Å². The van der Waals surface area contributed by atoms with E-state index >= 15 is 0 Å². The predicted octanol–water partition coefficient (Wildman–Crippen LogP) is 3.37. The van der Waals surface area contributed by atoms with Crippen LogP contribution in [0.25, 0.3) is 0 Å². The minimum Gasteiger partial charge on any atom is -0.0779 e. The monoisotopic (exact) mass is 240 g/mol. The fourth-order valence-corrected chi connectivity index (χ4v) is 3.94. The van der Waals surface area contributed by atoms with Gasteiger partial charge in [0.2, 0.25) is 0 Å². The van der Waals surface area contributed by atoms with E-state index in [-0.39, 0.29) is 0 Å². The molecule has 0 unspecified atom stereocenters. The molecule has 2 rings (SSSR count). The zero-order chi connectivity index (χ0) is 12.3. The molecule has 1 heteroatoms. The summed E-state index contributed by atoms with van der Waals surface area (Å²) < 4.78 is 0. The molecule has 0 N–H and O–H groups in total. The van der Waals surface area contributed by atoms with Crippen LogP contribution in [0.15, 0.2) is 41.1 Å². The third-order valence-electron chi connectivity index (χ3n) is 3.35. The van der Waals surface area contributed by atoms with Crippen molar-refractivity contribution in [2.24, 2.45) is 0 Å². The van der Waals surface area contributed by atoms with E-state index in [1.54, 1.807) is 15.9 Å². The lowest BCUT2D eigenvalue weighted by Crippen LogP contribution is -2.22. The van der Waals surface area contributed by atoms with Gasteiger partial charge in [0.05, 0.1) is 0 Å². The molecule has 2 radical (unpaired) electrons. The van der Waals surface area contributed by atoms with Gasteiger partial charge in [-0.1, -0.05) is 60.2 Å². The van der Waals surface area contributed by atoms with Gasteiger partial charge in [0.15, 0.2) is 0 Å². The molecule has 17 heavy (non-hydrogen) atoms. The number of hydrogen-bond acceptors (Lipinski definition) is 0. The Morgan fingerprint density at radius 3 is 2.59 bits per heavy atom. The summed E-state index contributed by atoms with van der Waals surface area (Å²) in [5.74, 6) is 0. The van der Waals surface area contributed by atoms with Crippen LogP contribution in [-0.2, 0) is 12.8 Å².